The van der Waals surface area contributed by atoms with E-state index in [1.165, 1.54) is 17.7 Å². The van der Waals surface area contributed by atoms with E-state index in [1.807, 2.05) is 0 Å². The molecule has 6 nitrogen and oxygen atoms in total. The van der Waals surface area contributed by atoms with Crippen LogP contribution in [0.5, 0.6) is 0 Å². The number of aromatic nitrogens is 2. The molecule has 16 heavy (non-hydrogen) atoms. The summed E-state index contributed by atoms with van der Waals surface area (Å²) in [4.78, 5) is 25.2. The van der Waals surface area contributed by atoms with E-state index in [-0.39, 0.29) is 18.3 Å². The number of rotatable bonds is 1. The second kappa shape index (κ2) is 4.98. The molecule has 3 N–H and O–H groups in total. The summed E-state index contributed by atoms with van der Waals surface area (Å²) in [6.45, 7) is 1.64. The van der Waals surface area contributed by atoms with Gasteiger partial charge in [0.1, 0.15) is 5.82 Å². The van der Waals surface area contributed by atoms with Crippen molar-refractivity contribution in [3.63, 3.8) is 0 Å². The zero-order chi connectivity index (χ0) is 12.1. The van der Waals surface area contributed by atoms with Crippen LogP contribution in [0.25, 0.3) is 0 Å². The van der Waals surface area contributed by atoms with Crippen molar-refractivity contribution in [2.24, 2.45) is 7.05 Å². The van der Waals surface area contributed by atoms with E-state index in [0.29, 0.717) is 5.56 Å². The number of nitrogen functional groups attached to an aromatic ring is 1. The van der Waals surface area contributed by atoms with Crippen LogP contribution >= 0.6 is 0 Å². The Bertz CT molecular complexity index is 522. The highest BCUT2D eigenvalue weighted by Gasteiger charge is 1.99. The van der Waals surface area contributed by atoms with Crippen molar-refractivity contribution in [2.45, 2.75) is 6.92 Å². The molecule has 84 valence electrons. The van der Waals surface area contributed by atoms with Crippen LogP contribution in [0.1, 0.15) is 12.5 Å². The zero-order valence-corrected chi connectivity index (χ0v) is 9.07. The van der Waals surface area contributed by atoms with Crippen LogP contribution in [0.2, 0.25) is 0 Å². The molecule has 1 aromatic rings. The van der Waals surface area contributed by atoms with Crippen molar-refractivity contribution in [3.8, 4) is 11.8 Å². The predicted molar refractivity (Wildman–Crippen MR) is 59.5 cm³/mol. The minimum atomic E-state index is -0.426. The molecule has 0 bridgehead atoms. The molecule has 0 aliphatic heterocycles. The number of nitrogens with one attached hydrogen (secondary N) is 1. The standard InChI is InChI=1S/C10H12N4O2/c1-7(15)12-5-3-4-8-6-14(2)10(16)13-9(8)11/h6H,5H2,1-2H3,(H,12,15)(H2,11,13,16). The number of amides is 1. The number of hydrogen-bond acceptors (Lipinski definition) is 4. The largest absolute Gasteiger partial charge is 0.382 e. The first-order valence-electron chi connectivity index (χ1n) is 4.57. The van der Waals surface area contributed by atoms with E-state index < -0.39 is 5.69 Å². The first-order valence-corrected chi connectivity index (χ1v) is 4.57. The van der Waals surface area contributed by atoms with Gasteiger partial charge < -0.3 is 15.6 Å². The van der Waals surface area contributed by atoms with Gasteiger partial charge in [-0.25, -0.2) is 4.79 Å². The lowest BCUT2D eigenvalue weighted by atomic mass is 10.3. The van der Waals surface area contributed by atoms with Crippen molar-refractivity contribution in [3.05, 3.63) is 22.2 Å². The fourth-order valence-electron chi connectivity index (χ4n) is 0.962. The van der Waals surface area contributed by atoms with Crippen LogP contribution in [-0.2, 0) is 11.8 Å². The summed E-state index contributed by atoms with van der Waals surface area (Å²) in [6.07, 6.45) is 1.51. The second-order valence-corrected chi connectivity index (χ2v) is 3.14. The third-order valence-corrected chi connectivity index (χ3v) is 1.77. The Labute approximate surface area is 92.5 Å². The van der Waals surface area contributed by atoms with Gasteiger partial charge in [0, 0.05) is 20.2 Å². The van der Waals surface area contributed by atoms with Crippen molar-refractivity contribution in [2.75, 3.05) is 12.3 Å². The number of carbonyl (C=O) groups excluding carboxylic acids is 1. The molecule has 1 heterocycles. The maximum absolute atomic E-state index is 11.1. The number of nitrogens with zero attached hydrogens (tertiary/aromatic N) is 2. The smallest absolute Gasteiger partial charge is 0.349 e. The van der Waals surface area contributed by atoms with Crippen molar-refractivity contribution >= 4 is 11.7 Å². The molecule has 0 aliphatic rings. The topological polar surface area (TPSA) is 90.0 Å². The summed E-state index contributed by atoms with van der Waals surface area (Å²) < 4.78 is 1.29. The van der Waals surface area contributed by atoms with E-state index in [1.54, 1.807) is 7.05 Å². The molecule has 1 rings (SSSR count). The van der Waals surface area contributed by atoms with Crippen molar-refractivity contribution < 1.29 is 4.79 Å². The first-order chi connectivity index (χ1) is 7.50. The lowest BCUT2D eigenvalue weighted by Crippen LogP contribution is -2.22. The molecular formula is C10H12N4O2. The van der Waals surface area contributed by atoms with Gasteiger partial charge in [0.15, 0.2) is 0 Å². The fraction of sp³-hybridized carbons (Fsp3) is 0.300. The molecule has 0 spiro atoms. The third kappa shape index (κ3) is 3.13. The van der Waals surface area contributed by atoms with E-state index in [9.17, 15) is 9.59 Å². The highest BCUT2D eigenvalue weighted by molar-refractivity contribution is 5.73. The Kier molecular flexibility index (Phi) is 3.67. The summed E-state index contributed by atoms with van der Waals surface area (Å²) in [6, 6.07) is 0. The molecule has 0 saturated carbocycles. The van der Waals surface area contributed by atoms with Gasteiger partial charge in [-0.05, 0) is 0 Å². The maximum atomic E-state index is 11.1. The van der Waals surface area contributed by atoms with Gasteiger partial charge in [-0.15, -0.1) is 0 Å². The normalized spacial score (nSPS) is 9.12. The molecule has 0 radical (unpaired) electrons. The summed E-state index contributed by atoms with van der Waals surface area (Å²) in [5.74, 6) is 5.37. The van der Waals surface area contributed by atoms with Gasteiger partial charge in [0.2, 0.25) is 5.91 Å². The Morgan fingerprint density at radius 3 is 3.00 bits per heavy atom. The minimum Gasteiger partial charge on any atom is -0.382 e. The van der Waals surface area contributed by atoms with Crippen LogP contribution in [-0.4, -0.2) is 22.0 Å². The van der Waals surface area contributed by atoms with Gasteiger partial charge in [-0.3, -0.25) is 4.79 Å². The maximum Gasteiger partial charge on any atom is 0.349 e. The van der Waals surface area contributed by atoms with Gasteiger partial charge in [-0.1, -0.05) is 11.8 Å². The Morgan fingerprint density at radius 1 is 1.69 bits per heavy atom. The van der Waals surface area contributed by atoms with E-state index in [4.69, 9.17) is 5.73 Å². The molecule has 1 amide bonds. The molecule has 6 heteroatoms. The average Bonchev–Trinajstić information content (AvgIpc) is 2.19. The van der Waals surface area contributed by atoms with E-state index >= 15 is 0 Å². The Balaban J connectivity index is 2.85. The van der Waals surface area contributed by atoms with Gasteiger partial charge in [-0.2, -0.15) is 4.98 Å². The lowest BCUT2D eigenvalue weighted by molar-refractivity contribution is -0.118. The quantitative estimate of drug-likeness (QED) is 0.585. The fourth-order valence-corrected chi connectivity index (χ4v) is 0.962. The molecule has 0 atom stereocenters. The summed E-state index contributed by atoms with van der Waals surface area (Å²) in [5.41, 5.74) is 5.56. The predicted octanol–water partition coefficient (Wildman–Crippen LogP) is -1.15. The Hall–Kier alpha value is -2.29. The highest BCUT2D eigenvalue weighted by atomic mass is 16.1. The molecule has 0 fully saturated rings. The van der Waals surface area contributed by atoms with Gasteiger partial charge in [0.25, 0.3) is 0 Å². The van der Waals surface area contributed by atoms with Crippen molar-refractivity contribution in [1.29, 1.82) is 0 Å². The molecule has 0 aliphatic carbocycles. The number of nitrogens with two attached hydrogens (primary N) is 1. The molecular weight excluding hydrogens is 208 g/mol. The molecule has 0 aromatic carbocycles. The lowest BCUT2D eigenvalue weighted by Gasteiger charge is -1.99. The number of carbonyl (C=O) groups is 1. The monoisotopic (exact) mass is 220 g/mol. The SMILES string of the molecule is CC(=O)NCC#Cc1cn(C)c(=O)nc1N. The van der Waals surface area contributed by atoms with Gasteiger partial charge in [0.05, 0.1) is 12.1 Å². The third-order valence-electron chi connectivity index (χ3n) is 1.77. The second-order valence-electron chi connectivity index (χ2n) is 3.14. The van der Waals surface area contributed by atoms with Crippen LogP contribution in [0.15, 0.2) is 11.0 Å². The first kappa shape index (κ1) is 11.8. The van der Waals surface area contributed by atoms with Crippen LogP contribution in [0, 0.1) is 11.8 Å². The highest BCUT2D eigenvalue weighted by Crippen LogP contribution is 2.00. The summed E-state index contributed by atoms with van der Waals surface area (Å²) >= 11 is 0. The molecule has 0 unspecified atom stereocenters. The van der Waals surface area contributed by atoms with Gasteiger partial charge >= 0.3 is 5.69 Å². The summed E-state index contributed by atoms with van der Waals surface area (Å²) in [7, 11) is 1.56. The minimum absolute atomic E-state index is 0.0958. The van der Waals surface area contributed by atoms with Crippen LogP contribution in [0.3, 0.4) is 0 Å². The number of aryl methyl sites for hydroxylation is 1. The van der Waals surface area contributed by atoms with Crippen LogP contribution < -0.4 is 16.7 Å². The molecule has 0 saturated heterocycles. The zero-order valence-electron chi connectivity index (χ0n) is 9.07. The van der Waals surface area contributed by atoms with Crippen molar-refractivity contribution in [1.82, 2.24) is 14.9 Å². The van der Waals surface area contributed by atoms with Crippen LogP contribution in [0.4, 0.5) is 5.82 Å². The Morgan fingerprint density at radius 2 is 2.38 bits per heavy atom. The molecule has 1 aromatic heterocycles. The summed E-state index contributed by atoms with van der Waals surface area (Å²) in [5, 5.41) is 2.52. The van der Waals surface area contributed by atoms with E-state index in [2.05, 4.69) is 22.1 Å². The number of hydrogen-bond donors (Lipinski definition) is 2. The average molecular weight is 220 g/mol. The number of anilines is 1. The van der Waals surface area contributed by atoms with E-state index in [0.717, 1.165) is 0 Å².